The van der Waals surface area contributed by atoms with Crippen LogP contribution in [0, 0.1) is 0 Å². The van der Waals surface area contributed by atoms with Gasteiger partial charge in [0.2, 0.25) is 0 Å². The van der Waals surface area contributed by atoms with E-state index in [0.717, 1.165) is 9.92 Å². The van der Waals surface area contributed by atoms with Gasteiger partial charge in [-0.3, -0.25) is 0 Å². The molecule has 0 aliphatic rings. The highest BCUT2D eigenvalue weighted by molar-refractivity contribution is 7.98. The Hall–Kier alpha value is -1.57. The van der Waals surface area contributed by atoms with E-state index in [2.05, 4.69) is 15.1 Å². The van der Waals surface area contributed by atoms with E-state index in [4.69, 9.17) is 21.9 Å². The van der Waals surface area contributed by atoms with E-state index in [1.165, 1.54) is 11.3 Å². The maximum absolute atomic E-state index is 5.84. The lowest BCUT2D eigenvalue weighted by Gasteiger charge is -1.97. The average Bonchev–Trinajstić information content (AvgIpc) is 3.07. The van der Waals surface area contributed by atoms with Crippen LogP contribution >= 0.6 is 34.7 Å². The number of aromatic nitrogens is 3. The molecule has 0 saturated heterocycles. The molecule has 2 heterocycles. The fraction of sp³-hybridized carbons (Fsp3) is 0.0833. The van der Waals surface area contributed by atoms with Crippen molar-refractivity contribution in [1.29, 1.82) is 0 Å². The molecule has 0 radical (unpaired) electrons. The Bertz CT molecular complexity index is 710. The summed E-state index contributed by atoms with van der Waals surface area (Å²) in [6.07, 6.45) is 0. The minimum absolute atomic E-state index is 0.393. The number of thioether (sulfide) groups is 1. The Morgan fingerprint density at radius 2 is 2.05 bits per heavy atom. The number of nitrogens with zero attached hydrogens (tertiary/aromatic N) is 3. The van der Waals surface area contributed by atoms with Gasteiger partial charge in [-0.25, -0.2) is 4.98 Å². The largest absolute Gasteiger partial charge is 0.375 e. The van der Waals surface area contributed by atoms with Crippen LogP contribution in [0.25, 0.3) is 11.6 Å². The third-order valence-corrected chi connectivity index (χ3v) is 4.32. The molecule has 0 saturated carbocycles. The molecule has 3 aromatic rings. The molecule has 1 aromatic carbocycles. The Kier molecular flexibility index (Phi) is 3.90. The van der Waals surface area contributed by atoms with Gasteiger partial charge in [-0.1, -0.05) is 16.8 Å². The Morgan fingerprint density at radius 3 is 2.75 bits per heavy atom. The molecular formula is C12H9ClN4OS2. The highest BCUT2D eigenvalue weighted by Crippen LogP contribution is 2.25. The maximum Gasteiger partial charge on any atom is 0.277 e. The fourth-order valence-electron chi connectivity index (χ4n) is 1.48. The van der Waals surface area contributed by atoms with Crippen LogP contribution in [0.5, 0.6) is 0 Å². The molecule has 0 aliphatic carbocycles. The first-order chi connectivity index (χ1) is 9.70. The zero-order chi connectivity index (χ0) is 13.9. The molecule has 8 heteroatoms. The van der Waals surface area contributed by atoms with Gasteiger partial charge in [0.15, 0.2) is 11.0 Å². The van der Waals surface area contributed by atoms with Crippen molar-refractivity contribution >= 4 is 39.8 Å². The van der Waals surface area contributed by atoms with Crippen molar-refractivity contribution in [3.63, 3.8) is 0 Å². The van der Waals surface area contributed by atoms with Gasteiger partial charge in [0, 0.05) is 15.3 Å². The van der Waals surface area contributed by atoms with E-state index < -0.39 is 0 Å². The zero-order valence-corrected chi connectivity index (χ0v) is 12.5. The quantitative estimate of drug-likeness (QED) is 0.737. The van der Waals surface area contributed by atoms with Crippen molar-refractivity contribution in [2.75, 3.05) is 5.73 Å². The smallest absolute Gasteiger partial charge is 0.277 e. The number of hydrogen-bond donors (Lipinski definition) is 1. The molecule has 0 fully saturated rings. The number of halogens is 1. The van der Waals surface area contributed by atoms with E-state index in [1.807, 2.05) is 24.3 Å². The van der Waals surface area contributed by atoms with Crippen molar-refractivity contribution in [3.05, 3.63) is 40.5 Å². The van der Waals surface area contributed by atoms with Crippen molar-refractivity contribution in [3.8, 4) is 11.6 Å². The lowest BCUT2D eigenvalue weighted by atomic mass is 10.4. The molecule has 5 nitrogen and oxygen atoms in total. The lowest BCUT2D eigenvalue weighted by molar-refractivity contribution is 0.424. The van der Waals surface area contributed by atoms with E-state index in [-0.39, 0.29) is 0 Å². The summed E-state index contributed by atoms with van der Waals surface area (Å²) in [6, 6.07) is 7.61. The minimum atomic E-state index is 0.393. The molecule has 0 atom stereocenters. The molecule has 0 spiro atoms. The second-order valence-electron chi connectivity index (χ2n) is 3.83. The molecule has 102 valence electrons. The number of nitrogens with two attached hydrogens (primary N) is 1. The predicted molar refractivity (Wildman–Crippen MR) is 80.8 cm³/mol. The summed E-state index contributed by atoms with van der Waals surface area (Å²) in [7, 11) is 0. The summed E-state index contributed by atoms with van der Waals surface area (Å²) < 4.78 is 5.16. The summed E-state index contributed by atoms with van der Waals surface area (Å²) in [6.45, 7) is 0. The summed E-state index contributed by atoms with van der Waals surface area (Å²) in [5.74, 6) is 1.63. The second kappa shape index (κ2) is 5.82. The SMILES string of the molecule is Nc1nc(-c2nc(CSc3ccc(Cl)cc3)no2)cs1. The molecule has 3 rings (SSSR count). The van der Waals surface area contributed by atoms with Crippen molar-refractivity contribution in [2.24, 2.45) is 0 Å². The van der Waals surface area contributed by atoms with Crippen LogP contribution in [-0.4, -0.2) is 15.1 Å². The minimum Gasteiger partial charge on any atom is -0.375 e. The standard InChI is InChI=1S/C12H9ClN4OS2/c13-7-1-3-8(4-2-7)19-6-10-16-11(18-17-10)9-5-20-12(14)15-9/h1-5H,6H2,(H2,14,15). The normalized spacial score (nSPS) is 10.8. The molecular weight excluding hydrogens is 316 g/mol. The van der Waals surface area contributed by atoms with Crippen LogP contribution in [0.4, 0.5) is 5.13 Å². The number of thiazole rings is 1. The highest BCUT2D eigenvalue weighted by atomic mass is 35.5. The third-order valence-electron chi connectivity index (χ3n) is 2.39. The molecule has 20 heavy (non-hydrogen) atoms. The van der Waals surface area contributed by atoms with Gasteiger partial charge < -0.3 is 10.3 Å². The van der Waals surface area contributed by atoms with Crippen LogP contribution in [0.1, 0.15) is 5.82 Å². The highest BCUT2D eigenvalue weighted by Gasteiger charge is 2.12. The van der Waals surface area contributed by atoms with Crippen LogP contribution in [0.15, 0.2) is 39.1 Å². The van der Waals surface area contributed by atoms with Gasteiger partial charge in [0.1, 0.15) is 5.69 Å². The molecule has 2 N–H and O–H groups in total. The molecule has 0 aliphatic heterocycles. The monoisotopic (exact) mass is 324 g/mol. The van der Waals surface area contributed by atoms with Gasteiger partial charge in [-0.2, -0.15) is 4.98 Å². The maximum atomic E-state index is 5.84. The number of anilines is 1. The Labute approximate surface area is 128 Å². The molecule has 0 amide bonds. The Morgan fingerprint density at radius 1 is 1.25 bits per heavy atom. The van der Waals surface area contributed by atoms with E-state index in [1.54, 1.807) is 17.1 Å². The van der Waals surface area contributed by atoms with Gasteiger partial charge in [-0.05, 0) is 24.3 Å². The molecule has 2 aromatic heterocycles. The number of nitrogen functional groups attached to an aromatic ring is 1. The van der Waals surface area contributed by atoms with Crippen molar-refractivity contribution < 1.29 is 4.52 Å². The Balaban J connectivity index is 1.67. The zero-order valence-electron chi connectivity index (χ0n) is 10.1. The predicted octanol–water partition coefficient (Wildman–Crippen LogP) is 3.72. The van der Waals surface area contributed by atoms with Gasteiger partial charge in [-0.15, -0.1) is 23.1 Å². The van der Waals surface area contributed by atoms with Crippen LogP contribution in [0.2, 0.25) is 5.02 Å². The second-order valence-corrected chi connectivity index (χ2v) is 6.20. The fourth-order valence-corrected chi connectivity index (χ4v) is 2.89. The molecule has 0 bridgehead atoms. The van der Waals surface area contributed by atoms with Crippen molar-refractivity contribution in [1.82, 2.24) is 15.1 Å². The summed E-state index contributed by atoms with van der Waals surface area (Å²) in [5, 5.41) is 6.92. The first-order valence-corrected chi connectivity index (χ1v) is 7.87. The first kappa shape index (κ1) is 13.4. The van der Waals surface area contributed by atoms with E-state index >= 15 is 0 Å². The van der Waals surface area contributed by atoms with Crippen LogP contribution in [-0.2, 0) is 5.75 Å². The topological polar surface area (TPSA) is 77.8 Å². The number of rotatable bonds is 4. The van der Waals surface area contributed by atoms with Gasteiger partial charge in [0.25, 0.3) is 5.89 Å². The summed E-state index contributed by atoms with van der Waals surface area (Å²) in [4.78, 5) is 9.49. The van der Waals surface area contributed by atoms with Gasteiger partial charge >= 0.3 is 0 Å². The van der Waals surface area contributed by atoms with E-state index in [9.17, 15) is 0 Å². The first-order valence-electron chi connectivity index (χ1n) is 5.63. The average molecular weight is 325 g/mol. The lowest BCUT2D eigenvalue weighted by Crippen LogP contribution is -1.85. The van der Waals surface area contributed by atoms with Crippen molar-refractivity contribution in [2.45, 2.75) is 10.6 Å². The summed E-state index contributed by atoms with van der Waals surface area (Å²) in [5.41, 5.74) is 6.19. The molecule has 0 unspecified atom stereocenters. The van der Waals surface area contributed by atoms with Crippen LogP contribution < -0.4 is 5.73 Å². The number of benzene rings is 1. The van der Waals surface area contributed by atoms with E-state index in [0.29, 0.717) is 28.3 Å². The van der Waals surface area contributed by atoms with Gasteiger partial charge in [0.05, 0.1) is 5.75 Å². The third kappa shape index (κ3) is 3.12. The van der Waals surface area contributed by atoms with Crippen LogP contribution in [0.3, 0.4) is 0 Å². The number of hydrogen-bond acceptors (Lipinski definition) is 7. The summed E-state index contributed by atoms with van der Waals surface area (Å²) >= 11 is 8.79.